The Balaban J connectivity index is 2.78. The van der Waals surface area contributed by atoms with Crippen LogP contribution in [0.25, 0.3) is 0 Å². The van der Waals surface area contributed by atoms with Crippen LogP contribution in [0.2, 0.25) is 0 Å². The number of rotatable bonds is 3. The molecule has 1 unspecified atom stereocenters. The number of aliphatic carboxylic acids is 1. The molecule has 80 valence electrons. The molecule has 1 aliphatic rings. The zero-order chi connectivity index (χ0) is 11.0. The maximum absolute atomic E-state index is 10.8. The highest BCUT2D eigenvalue weighted by Gasteiger charge is 2.46. The third-order valence-electron chi connectivity index (χ3n) is 2.52. The van der Waals surface area contributed by atoms with Crippen LogP contribution in [-0.2, 0) is 14.4 Å². The maximum atomic E-state index is 10.8. The minimum Gasteiger partial charge on any atom is -0.478 e. The summed E-state index contributed by atoms with van der Waals surface area (Å²) in [6, 6.07) is 0. The lowest BCUT2D eigenvalue weighted by Crippen LogP contribution is -2.40. The van der Waals surface area contributed by atoms with Crippen molar-refractivity contribution in [3.8, 4) is 0 Å². The molecule has 1 atom stereocenters. The Labute approximate surface area is 82.7 Å². The van der Waals surface area contributed by atoms with E-state index in [1.54, 1.807) is 7.11 Å². The van der Waals surface area contributed by atoms with Gasteiger partial charge in [-0.25, -0.2) is 4.79 Å². The largest absolute Gasteiger partial charge is 0.478 e. The first-order valence-corrected chi connectivity index (χ1v) is 4.36. The average Bonchev–Trinajstić information content (AvgIpc) is 2.50. The van der Waals surface area contributed by atoms with Crippen LogP contribution in [0.1, 0.15) is 27.2 Å². The van der Waals surface area contributed by atoms with Crippen molar-refractivity contribution < 1.29 is 19.5 Å². The summed E-state index contributed by atoms with van der Waals surface area (Å²) < 4.78 is 5.19. The molecule has 0 aliphatic carbocycles. The number of carboxylic acids is 1. The third-order valence-corrected chi connectivity index (χ3v) is 2.52. The normalized spacial score (nSPS) is 27.0. The van der Waals surface area contributed by atoms with Gasteiger partial charge in [0.2, 0.25) is 5.60 Å². The van der Waals surface area contributed by atoms with E-state index in [0.29, 0.717) is 5.71 Å². The predicted octanol–water partition coefficient (Wildman–Crippen LogP) is 1.03. The topological polar surface area (TPSA) is 68.1 Å². The second-order valence-electron chi connectivity index (χ2n) is 4.06. The fourth-order valence-electron chi connectivity index (χ4n) is 1.10. The van der Waals surface area contributed by atoms with Crippen molar-refractivity contribution in [1.29, 1.82) is 0 Å². The van der Waals surface area contributed by atoms with E-state index in [1.165, 1.54) is 6.92 Å². The van der Waals surface area contributed by atoms with Gasteiger partial charge >= 0.3 is 5.97 Å². The number of hydrogen-bond donors (Lipinski definition) is 1. The van der Waals surface area contributed by atoms with Gasteiger partial charge in [0.25, 0.3) is 0 Å². The summed E-state index contributed by atoms with van der Waals surface area (Å²) in [6.07, 6.45) is 0.253. The molecule has 0 aromatic rings. The van der Waals surface area contributed by atoms with E-state index in [1.807, 2.05) is 13.8 Å². The first-order valence-electron chi connectivity index (χ1n) is 4.36. The molecule has 0 spiro atoms. The molecule has 5 nitrogen and oxygen atoms in total. The van der Waals surface area contributed by atoms with Crippen molar-refractivity contribution in [2.45, 2.75) is 38.4 Å². The van der Waals surface area contributed by atoms with Crippen LogP contribution in [0.15, 0.2) is 5.16 Å². The van der Waals surface area contributed by atoms with Crippen molar-refractivity contribution >= 4 is 11.7 Å². The van der Waals surface area contributed by atoms with Crippen molar-refractivity contribution in [1.82, 2.24) is 0 Å². The fourth-order valence-corrected chi connectivity index (χ4v) is 1.10. The number of nitrogens with zero attached hydrogens (tertiary/aromatic N) is 1. The van der Waals surface area contributed by atoms with Gasteiger partial charge in [0.1, 0.15) is 5.60 Å². The average molecular weight is 201 g/mol. The summed E-state index contributed by atoms with van der Waals surface area (Å²) in [5.74, 6) is -1.01. The van der Waals surface area contributed by atoms with Crippen molar-refractivity contribution in [3.63, 3.8) is 0 Å². The molecule has 5 heteroatoms. The van der Waals surface area contributed by atoms with E-state index < -0.39 is 17.2 Å². The highest BCUT2D eigenvalue weighted by Crippen LogP contribution is 2.29. The zero-order valence-corrected chi connectivity index (χ0v) is 8.83. The molecule has 1 rings (SSSR count). The molecule has 0 aromatic heterocycles. The van der Waals surface area contributed by atoms with Gasteiger partial charge in [-0.2, -0.15) is 0 Å². The molecule has 0 saturated heterocycles. The lowest BCUT2D eigenvalue weighted by atomic mass is 9.91. The Hall–Kier alpha value is -1.10. The summed E-state index contributed by atoms with van der Waals surface area (Å²) in [5, 5.41) is 12.7. The Bertz CT molecular complexity index is 285. The highest BCUT2D eigenvalue weighted by atomic mass is 16.7. The van der Waals surface area contributed by atoms with Crippen LogP contribution >= 0.6 is 0 Å². The smallest absolute Gasteiger partial charge is 0.351 e. The lowest BCUT2D eigenvalue weighted by molar-refractivity contribution is -0.160. The van der Waals surface area contributed by atoms with E-state index in [4.69, 9.17) is 14.7 Å². The van der Waals surface area contributed by atoms with E-state index in [2.05, 4.69) is 5.16 Å². The van der Waals surface area contributed by atoms with Gasteiger partial charge in [-0.15, -0.1) is 0 Å². The first kappa shape index (κ1) is 11.0. The van der Waals surface area contributed by atoms with Gasteiger partial charge in [-0.3, -0.25) is 0 Å². The number of methoxy groups -OCH3 is 1. The number of oxime groups is 1. The highest BCUT2D eigenvalue weighted by molar-refractivity contribution is 5.97. The van der Waals surface area contributed by atoms with Crippen molar-refractivity contribution in [2.24, 2.45) is 5.16 Å². The number of ether oxygens (including phenoxy) is 1. The zero-order valence-electron chi connectivity index (χ0n) is 8.83. The van der Waals surface area contributed by atoms with Crippen LogP contribution < -0.4 is 0 Å². The van der Waals surface area contributed by atoms with Crippen LogP contribution in [-0.4, -0.2) is 35.1 Å². The molecule has 1 aliphatic heterocycles. The molecule has 0 saturated carbocycles. The molecule has 0 aromatic carbocycles. The standard InChI is InChI=1S/C9H15NO4/c1-8(2,13-4)6-5-9(3,7(11)12)14-10-6/h5H2,1-4H3,(H,11,12). The predicted molar refractivity (Wildman–Crippen MR) is 50.3 cm³/mol. The van der Waals surface area contributed by atoms with Gasteiger partial charge < -0.3 is 14.7 Å². The molecule has 1 N–H and O–H groups in total. The monoisotopic (exact) mass is 201 g/mol. The van der Waals surface area contributed by atoms with Gasteiger partial charge in [0.15, 0.2) is 0 Å². The Kier molecular flexibility index (Phi) is 2.54. The van der Waals surface area contributed by atoms with E-state index >= 15 is 0 Å². The van der Waals surface area contributed by atoms with Crippen LogP contribution in [0.3, 0.4) is 0 Å². The second-order valence-corrected chi connectivity index (χ2v) is 4.06. The van der Waals surface area contributed by atoms with Gasteiger partial charge in [0.05, 0.1) is 5.71 Å². The summed E-state index contributed by atoms with van der Waals surface area (Å²) in [4.78, 5) is 15.8. The van der Waals surface area contributed by atoms with Gasteiger partial charge in [-0.05, 0) is 20.8 Å². The quantitative estimate of drug-likeness (QED) is 0.740. The van der Waals surface area contributed by atoms with Gasteiger partial charge in [-0.1, -0.05) is 5.16 Å². The molecule has 1 heterocycles. The Morgan fingerprint density at radius 2 is 2.29 bits per heavy atom. The van der Waals surface area contributed by atoms with Crippen molar-refractivity contribution in [2.75, 3.05) is 7.11 Å². The molecule has 14 heavy (non-hydrogen) atoms. The van der Waals surface area contributed by atoms with Crippen LogP contribution in [0.5, 0.6) is 0 Å². The Morgan fingerprint density at radius 1 is 1.71 bits per heavy atom. The lowest BCUT2D eigenvalue weighted by Gasteiger charge is -2.22. The summed E-state index contributed by atoms with van der Waals surface area (Å²) >= 11 is 0. The molecule has 0 fully saturated rings. The molecular weight excluding hydrogens is 186 g/mol. The summed E-state index contributed by atoms with van der Waals surface area (Å²) in [5.41, 5.74) is -1.21. The minimum absolute atomic E-state index is 0.253. The molecule has 0 bridgehead atoms. The van der Waals surface area contributed by atoms with Crippen LogP contribution in [0.4, 0.5) is 0 Å². The number of hydrogen-bond acceptors (Lipinski definition) is 4. The summed E-state index contributed by atoms with van der Waals surface area (Å²) in [6.45, 7) is 5.14. The second kappa shape index (κ2) is 3.24. The van der Waals surface area contributed by atoms with Crippen LogP contribution in [0, 0.1) is 0 Å². The molecular formula is C9H15NO4. The van der Waals surface area contributed by atoms with Crippen molar-refractivity contribution in [3.05, 3.63) is 0 Å². The minimum atomic E-state index is -1.24. The molecule has 0 radical (unpaired) electrons. The van der Waals surface area contributed by atoms with E-state index in [9.17, 15) is 4.79 Å². The first-order chi connectivity index (χ1) is 6.32. The van der Waals surface area contributed by atoms with Gasteiger partial charge in [0, 0.05) is 13.5 Å². The SMILES string of the molecule is COC(C)(C)C1=NOC(C)(C(=O)O)C1. The van der Waals surface area contributed by atoms with E-state index in [-0.39, 0.29) is 6.42 Å². The number of carbonyl (C=O) groups is 1. The summed E-state index contributed by atoms with van der Waals surface area (Å²) in [7, 11) is 1.55. The van der Waals surface area contributed by atoms with E-state index in [0.717, 1.165) is 0 Å². The number of carboxylic acid groups (broad SMARTS) is 1. The Morgan fingerprint density at radius 3 is 2.64 bits per heavy atom. The maximum Gasteiger partial charge on any atom is 0.351 e. The fraction of sp³-hybridized carbons (Fsp3) is 0.778. The third kappa shape index (κ3) is 1.72. The molecule has 0 amide bonds.